The molecule has 0 aliphatic carbocycles. The van der Waals surface area contributed by atoms with Gasteiger partial charge in [0.2, 0.25) is 0 Å². The highest BCUT2D eigenvalue weighted by Gasteiger charge is 2.69. The van der Waals surface area contributed by atoms with Crippen LogP contribution in [0.4, 0.5) is 0 Å². The Morgan fingerprint density at radius 2 is 0.812 bits per heavy atom. The summed E-state index contributed by atoms with van der Waals surface area (Å²) in [6.45, 7) is 2.05. The highest BCUT2D eigenvalue weighted by atomic mass is 33.6. The molecule has 0 fully saturated rings. The molecular weight excluding hydrogens is 449 g/mol. The second-order valence-corrected chi connectivity index (χ2v) is 19.4. The summed E-state index contributed by atoms with van der Waals surface area (Å²) in [6.07, 6.45) is -4.33. The van der Waals surface area contributed by atoms with Crippen molar-refractivity contribution in [2.45, 2.75) is 26.5 Å². The van der Waals surface area contributed by atoms with Gasteiger partial charge in [-0.25, -0.2) is 0 Å². The van der Waals surface area contributed by atoms with Crippen molar-refractivity contribution in [1.82, 2.24) is 0 Å². The van der Waals surface area contributed by atoms with E-state index in [1.807, 2.05) is 61.5 Å². The monoisotopic (exact) mass is 470 g/mol. The van der Waals surface area contributed by atoms with E-state index in [-0.39, 0.29) is 0 Å². The van der Waals surface area contributed by atoms with Gasteiger partial charge in [0.1, 0.15) is 10.8 Å². The van der Waals surface area contributed by atoms with E-state index in [0.29, 0.717) is 0 Å². The van der Waals surface area contributed by atoms with Gasteiger partial charge in [0.25, 0.3) is 0 Å². The molecule has 0 heterocycles. The quantitative estimate of drug-likeness (QED) is 0.209. The van der Waals surface area contributed by atoms with Gasteiger partial charge >= 0.3 is 0 Å². The summed E-state index contributed by atoms with van der Waals surface area (Å²) in [7, 11) is 2.45. The first-order valence-electron chi connectivity index (χ1n) is 10.1. The van der Waals surface area contributed by atoms with Crippen molar-refractivity contribution in [3.8, 4) is 10.8 Å². The van der Waals surface area contributed by atoms with Crippen LogP contribution in [0.3, 0.4) is 0 Å². The van der Waals surface area contributed by atoms with Crippen molar-refractivity contribution < 1.29 is 0 Å². The van der Waals surface area contributed by atoms with Gasteiger partial charge in [-0.2, -0.15) is 10.5 Å². The lowest BCUT2D eigenvalue weighted by atomic mass is 10.2. The standard InChI is InChI=1S/C27H22N2S3/c1-23-17-19-27(20-18-23)32(30-21-28,31-22-29,24-11-5-2-6-12-24,25-13-7-3-8-14-25)26-15-9-4-10-16-26/h2-20H,1H3. The van der Waals surface area contributed by atoms with Crippen molar-refractivity contribution in [3.63, 3.8) is 0 Å². The third-order valence-electron chi connectivity index (χ3n) is 5.91. The third-order valence-corrected chi connectivity index (χ3v) is 21.0. The molecule has 0 saturated carbocycles. The largest absolute Gasteiger partial charge is 0.184 e. The minimum absolute atomic E-state index is 0.951. The van der Waals surface area contributed by atoms with Gasteiger partial charge < -0.3 is 0 Å². The summed E-state index contributed by atoms with van der Waals surface area (Å²) in [5.74, 6) is 0. The average Bonchev–Trinajstić information content (AvgIpc) is 2.86. The van der Waals surface area contributed by atoms with Crippen molar-refractivity contribution in [3.05, 3.63) is 121 Å². The maximum atomic E-state index is 10.5. The van der Waals surface area contributed by atoms with Crippen LogP contribution in [0.1, 0.15) is 5.56 Å². The molecule has 0 bridgehead atoms. The summed E-state index contributed by atoms with van der Waals surface area (Å²) in [5.41, 5.74) is 1.12. The molecule has 4 aromatic rings. The maximum absolute atomic E-state index is 10.5. The number of rotatable bonds is 6. The van der Waals surface area contributed by atoms with Crippen LogP contribution in [0.15, 0.2) is 135 Å². The molecule has 0 aromatic heterocycles. The molecule has 4 rings (SSSR count). The fourth-order valence-electron chi connectivity index (χ4n) is 4.46. The Bertz CT molecular complexity index is 1200. The molecular formula is C27H22N2S3. The first-order valence-corrected chi connectivity index (χ1v) is 15.2. The van der Waals surface area contributed by atoms with Crippen LogP contribution in [-0.4, -0.2) is 0 Å². The van der Waals surface area contributed by atoms with Crippen LogP contribution >= 0.6 is 27.9 Å². The molecule has 5 heteroatoms. The van der Waals surface area contributed by atoms with E-state index < -0.39 is 6.36 Å². The van der Waals surface area contributed by atoms with Crippen LogP contribution in [0.25, 0.3) is 0 Å². The molecule has 0 spiro atoms. The van der Waals surface area contributed by atoms with Crippen molar-refractivity contribution in [1.29, 1.82) is 10.5 Å². The summed E-state index contributed by atoms with van der Waals surface area (Å²) in [5, 5.41) is 25.9. The van der Waals surface area contributed by atoms with Crippen molar-refractivity contribution in [2.75, 3.05) is 0 Å². The molecule has 32 heavy (non-hydrogen) atoms. The lowest BCUT2D eigenvalue weighted by molar-refractivity contribution is 1.21. The zero-order chi connectivity index (χ0) is 22.6. The number of hydrogen-bond donors (Lipinski definition) is 0. The Balaban J connectivity index is 2.47. The van der Waals surface area contributed by atoms with Crippen LogP contribution in [0.5, 0.6) is 0 Å². The van der Waals surface area contributed by atoms with Crippen LogP contribution in [0, 0.1) is 28.3 Å². The van der Waals surface area contributed by atoms with Crippen LogP contribution < -0.4 is 0 Å². The van der Waals surface area contributed by atoms with E-state index >= 15 is 0 Å². The number of nitrogens with zero attached hydrogens (tertiary/aromatic N) is 2. The SMILES string of the molecule is Cc1ccc(S(SC#N)(SC#N)(c2ccccc2)(c2ccccc2)c2ccccc2)cc1. The van der Waals surface area contributed by atoms with Gasteiger partial charge in [-0.05, 0) is 55.5 Å². The molecule has 0 atom stereocenters. The van der Waals surface area contributed by atoms with Crippen molar-refractivity contribution >= 4 is 27.9 Å². The predicted octanol–water partition coefficient (Wildman–Crippen LogP) is 8.67. The first kappa shape index (κ1) is 22.1. The summed E-state index contributed by atoms with van der Waals surface area (Å²) >= 11 is 0. The Hall–Kier alpha value is -3.09. The molecule has 0 radical (unpaired) electrons. The minimum Gasteiger partial charge on any atom is -0.184 e. The van der Waals surface area contributed by atoms with Gasteiger partial charge in [-0.3, -0.25) is 0 Å². The second-order valence-electron chi connectivity index (χ2n) is 7.45. The van der Waals surface area contributed by atoms with Gasteiger partial charge in [0.15, 0.2) is 0 Å². The number of thiocyanates is 2. The Kier molecular flexibility index (Phi) is 5.61. The molecule has 0 saturated heterocycles. The smallest absolute Gasteiger partial charge is 0.144 e. The Morgan fingerprint density at radius 1 is 0.500 bits per heavy atom. The molecule has 0 unspecified atom stereocenters. The molecule has 2 nitrogen and oxygen atoms in total. The second kappa shape index (κ2) is 8.11. The van der Waals surface area contributed by atoms with E-state index in [9.17, 15) is 10.5 Å². The zero-order valence-corrected chi connectivity index (χ0v) is 20.0. The average molecular weight is 471 g/mol. The zero-order valence-electron chi connectivity index (χ0n) is 17.6. The highest BCUT2D eigenvalue weighted by Crippen LogP contribution is 3.17. The van der Waals surface area contributed by atoms with Gasteiger partial charge in [-0.15, -0.1) is 0 Å². The number of hydrogen-bond acceptors (Lipinski definition) is 4. The first-order chi connectivity index (χ1) is 15.6. The van der Waals surface area contributed by atoms with E-state index in [1.165, 1.54) is 21.6 Å². The molecule has 0 N–H and O–H groups in total. The predicted molar refractivity (Wildman–Crippen MR) is 138 cm³/mol. The molecule has 158 valence electrons. The third kappa shape index (κ3) is 2.63. The Labute approximate surface area is 196 Å². The van der Waals surface area contributed by atoms with Crippen LogP contribution in [0.2, 0.25) is 0 Å². The van der Waals surface area contributed by atoms with Crippen molar-refractivity contribution in [2.24, 2.45) is 0 Å². The number of benzene rings is 4. The summed E-state index contributed by atoms with van der Waals surface area (Å²) < 4.78 is 0. The number of aryl methyl sites for hydroxylation is 1. The lowest BCUT2D eigenvalue weighted by Crippen LogP contribution is -2.30. The van der Waals surface area contributed by atoms with Gasteiger partial charge in [0.05, 0.1) is 0 Å². The Morgan fingerprint density at radius 3 is 1.12 bits per heavy atom. The molecule has 0 amide bonds. The molecule has 4 aromatic carbocycles. The van der Waals surface area contributed by atoms with Gasteiger partial charge in [-0.1, -0.05) is 78.7 Å². The van der Waals surface area contributed by atoms with E-state index in [1.54, 1.807) is 0 Å². The summed E-state index contributed by atoms with van der Waals surface area (Å²) in [4.78, 5) is 3.81. The minimum atomic E-state index is -4.33. The van der Waals surface area contributed by atoms with E-state index in [2.05, 4.69) is 71.5 Å². The van der Waals surface area contributed by atoms with E-state index in [4.69, 9.17) is 0 Å². The van der Waals surface area contributed by atoms with Gasteiger partial charge in [0, 0.05) is 41.2 Å². The highest BCUT2D eigenvalue weighted by molar-refractivity contribution is 9.42. The normalized spacial score (nSPS) is 13.2. The molecule has 0 aliphatic rings. The van der Waals surface area contributed by atoms with Crippen LogP contribution in [-0.2, 0) is 0 Å². The van der Waals surface area contributed by atoms with E-state index in [0.717, 1.165) is 25.1 Å². The maximum Gasteiger partial charge on any atom is 0.144 e. The topological polar surface area (TPSA) is 47.6 Å². The lowest BCUT2D eigenvalue weighted by Gasteiger charge is -2.75. The number of nitriles is 2. The summed E-state index contributed by atoms with van der Waals surface area (Å²) in [6, 6.07) is 38.6. The molecule has 0 aliphatic heterocycles. The fraction of sp³-hybridized carbons (Fsp3) is 0.0370. The fourth-order valence-corrected chi connectivity index (χ4v) is 17.4.